The number of benzene rings is 1. The molecule has 138 valence electrons. The molecule has 1 saturated heterocycles. The predicted octanol–water partition coefficient (Wildman–Crippen LogP) is 2.89. The highest BCUT2D eigenvalue weighted by Crippen LogP contribution is 2.18. The van der Waals surface area contributed by atoms with Gasteiger partial charge in [-0.05, 0) is 66.8 Å². The molecule has 0 atom stereocenters. The third-order valence-corrected chi connectivity index (χ3v) is 5.36. The number of nitrogens with zero attached hydrogens (tertiary/aromatic N) is 5. The normalized spacial score (nSPS) is 14.4. The van der Waals surface area contributed by atoms with Crippen LogP contribution in [0.25, 0.3) is 0 Å². The van der Waals surface area contributed by atoms with Crippen molar-refractivity contribution in [1.82, 2.24) is 15.1 Å². The van der Waals surface area contributed by atoms with E-state index >= 15 is 0 Å². The zero-order valence-electron chi connectivity index (χ0n) is 15.2. The molecule has 1 fully saturated rings. The van der Waals surface area contributed by atoms with Crippen LogP contribution in [0.15, 0.2) is 36.4 Å². The van der Waals surface area contributed by atoms with Crippen molar-refractivity contribution in [3.8, 4) is 0 Å². The highest BCUT2D eigenvalue weighted by Gasteiger charge is 2.23. The highest BCUT2D eigenvalue weighted by molar-refractivity contribution is 14.1. The van der Waals surface area contributed by atoms with Crippen LogP contribution in [0.4, 0.5) is 11.6 Å². The number of carbonyl (C=O) groups excluding carboxylic acids is 1. The fourth-order valence-corrected chi connectivity index (χ4v) is 3.69. The van der Waals surface area contributed by atoms with Gasteiger partial charge in [0.05, 0.1) is 0 Å². The van der Waals surface area contributed by atoms with Gasteiger partial charge in [-0.2, -0.15) is 0 Å². The number of hydrogen-bond donors (Lipinski definition) is 0. The first-order valence-corrected chi connectivity index (χ1v) is 10.1. The van der Waals surface area contributed by atoms with Gasteiger partial charge in [0.15, 0.2) is 11.6 Å². The summed E-state index contributed by atoms with van der Waals surface area (Å²) >= 11 is 2.24. The van der Waals surface area contributed by atoms with E-state index < -0.39 is 0 Å². The van der Waals surface area contributed by atoms with Crippen molar-refractivity contribution in [2.24, 2.45) is 0 Å². The summed E-state index contributed by atoms with van der Waals surface area (Å²) in [5.41, 5.74) is 0.758. The van der Waals surface area contributed by atoms with Gasteiger partial charge in [0.1, 0.15) is 0 Å². The van der Waals surface area contributed by atoms with Crippen LogP contribution in [0.5, 0.6) is 0 Å². The Hall–Kier alpha value is -1.90. The lowest BCUT2D eigenvalue weighted by atomic mass is 10.2. The third-order valence-electron chi connectivity index (χ3n) is 4.69. The molecule has 0 spiro atoms. The molecular weight excluding hydrogens is 441 g/mol. The van der Waals surface area contributed by atoms with Crippen LogP contribution >= 0.6 is 22.6 Å². The molecule has 26 heavy (non-hydrogen) atoms. The van der Waals surface area contributed by atoms with Gasteiger partial charge in [-0.25, -0.2) is 0 Å². The Balaban J connectivity index is 1.60. The first-order chi connectivity index (χ1) is 12.6. The standard InChI is InChI=1S/C19H24IN5O/c1-3-23(4-2)17-8-9-18(22-21-17)24-10-12-25(13-11-24)19(26)15-6-5-7-16(20)14-15/h5-9,14H,3-4,10-13H2,1-2H3. The van der Waals surface area contributed by atoms with E-state index in [-0.39, 0.29) is 5.91 Å². The van der Waals surface area contributed by atoms with Gasteiger partial charge in [-0.3, -0.25) is 4.79 Å². The summed E-state index contributed by atoms with van der Waals surface area (Å²) < 4.78 is 1.08. The van der Waals surface area contributed by atoms with Crippen LogP contribution in [0.2, 0.25) is 0 Å². The van der Waals surface area contributed by atoms with E-state index in [0.717, 1.165) is 46.9 Å². The van der Waals surface area contributed by atoms with Gasteiger partial charge in [-0.1, -0.05) is 6.07 Å². The Morgan fingerprint density at radius 3 is 2.38 bits per heavy atom. The Labute approximate surface area is 168 Å². The van der Waals surface area contributed by atoms with E-state index in [0.29, 0.717) is 13.1 Å². The second-order valence-electron chi connectivity index (χ2n) is 6.21. The van der Waals surface area contributed by atoms with Crippen molar-refractivity contribution in [3.63, 3.8) is 0 Å². The van der Waals surface area contributed by atoms with Crippen molar-refractivity contribution < 1.29 is 4.79 Å². The predicted molar refractivity (Wildman–Crippen MR) is 113 cm³/mol. The summed E-state index contributed by atoms with van der Waals surface area (Å²) in [6.45, 7) is 9.01. The Morgan fingerprint density at radius 1 is 1.08 bits per heavy atom. The largest absolute Gasteiger partial charge is 0.356 e. The summed E-state index contributed by atoms with van der Waals surface area (Å²) in [6.07, 6.45) is 0. The third kappa shape index (κ3) is 4.25. The fourth-order valence-electron chi connectivity index (χ4n) is 3.15. The molecule has 7 heteroatoms. The molecule has 1 aromatic heterocycles. The Bertz CT molecular complexity index is 740. The molecule has 6 nitrogen and oxygen atoms in total. The Kier molecular flexibility index (Phi) is 6.29. The molecule has 1 aromatic carbocycles. The van der Waals surface area contributed by atoms with Crippen LogP contribution in [-0.2, 0) is 0 Å². The molecule has 0 unspecified atom stereocenters. The first kappa shape index (κ1) is 18.9. The number of amides is 1. The van der Waals surface area contributed by atoms with Crippen molar-refractivity contribution in [3.05, 3.63) is 45.5 Å². The van der Waals surface area contributed by atoms with E-state index in [4.69, 9.17) is 0 Å². The number of anilines is 2. The minimum Gasteiger partial charge on any atom is -0.356 e. The lowest BCUT2D eigenvalue weighted by Crippen LogP contribution is -2.49. The van der Waals surface area contributed by atoms with Crippen molar-refractivity contribution >= 4 is 40.1 Å². The van der Waals surface area contributed by atoms with Gasteiger partial charge in [-0.15, -0.1) is 10.2 Å². The molecule has 2 heterocycles. The maximum Gasteiger partial charge on any atom is 0.254 e. The molecule has 1 aliphatic rings. The molecule has 0 radical (unpaired) electrons. The molecule has 2 aromatic rings. The highest BCUT2D eigenvalue weighted by atomic mass is 127. The monoisotopic (exact) mass is 465 g/mol. The molecule has 0 N–H and O–H groups in total. The SMILES string of the molecule is CCN(CC)c1ccc(N2CCN(C(=O)c3cccc(I)c3)CC2)nn1. The van der Waals surface area contributed by atoms with Crippen molar-refractivity contribution in [2.45, 2.75) is 13.8 Å². The second kappa shape index (κ2) is 8.66. The first-order valence-electron chi connectivity index (χ1n) is 9.00. The lowest BCUT2D eigenvalue weighted by molar-refractivity contribution is 0.0746. The average Bonchev–Trinajstić information content (AvgIpc) is 2.69. The van der Waals surface area contributed by atoms with Crippen LogP contribution in [-0.4, -0.2) is 60.3 Å². The summed E-state index contributed by atoms with van der Waals surface area (Å²) in [5, 5.41) is 8.75. The molecule has 1 amide bonds. The van der Waals surface area contributed by atoms with Crippen LogP contribution in [0.3, 0.4) is 0 Å². The smallest absolute Gasteiger partial charge is 0.254 e. The van der Waals surface area contributed by atoms with Gasteiger partial charge >= 0.3 is 0 Å². The summed E-state index contributed by atoms with van der Waals surface area (Å²) in [4.78, 5) is 18.9. The van der Waals surface area contributed by atoms with E-state index in [2.05, 4.69) is 56.4 Å². The Morgan fingerprint density at radius 2 is 1.81 bits per heavy atom. The number of piperazine rings is 1. The van der Waals surface area contributed by atoms with Crippen LogP contribution < -0.4 is 9.80 Å². The summed E-state index contributed by atoms with van der Waals surface area (Å²) in [5.74, 6) is 1.89. The van der Waals surface area contributed by atoms with Gasteiger partial charge in [0, 0.05) is 48.4 Å². The topological polar surface area (TPSA) is 52.6 Å². The fraction of sp³-hybridized carbons (Fsp3) is 0.421. The minimum atomic E-state index is 0.103. The van der Waals surface area contributed by atoms with E-state index in [1.165, 1.54) is 0 Å². The van der Waals surface area contributed by atoms with Crippen molar-refractivity contribution in [2.75, 3.05) is 49.1 Å². The van der Waals surface area contributed by atoms with Gasteiger partial charge in [0.2, 0.25) is 0 Å². The zero-order chi connectivity index (χ0) is 18.5. The molecule has 0 bridgehead atoms. The number of halogens is 1. The maximum absolute atomic E-state index is 12.7. The molecule has 0 aliphatic carbocycles. The van der Waals surface area contributed by atoms with Gasteiger partial charge in [0.25, 0.3) is 5.91 Å². The average molecular weight is 465 g/mol. The zero-order valence-corrected chi connectivity index (χ0v) is 17.4. The summed E-state index contributed by atoms with van der Waals surface area (Å²) in [7, 11) is 0. The molecule has 1 aliphatic heterocycles. The quantitative estimate of drug-likeness (QED) is 0.636. The number of aromatic nitrogens is 2. The van der Waals surface area contributed by atoms with Gasteiger partial charge < -0.3 is 14.7 Å². The second-order valence-corrected chi connectivity index (χ2v) is 7.46. The number of carbonyl (C=O) groups is 1. The lowest BCUT2D eigenvalue weighted by Gasteiger charge is -2.35. The van der Waals surface area contributed by atoms with E-state index in [1.807, 2.05) is 41.3 Å². The van der Waals surface area contributed by atoms with Crippen LogP contribution in [0, 0.1) is 3.57 Å². The minimum absolute atomic E-state index is 0.103. The number of rotatable bonds is 5. The number of hydrogen-bond acceptors (Lipinski definition) is 5. The summed E-state index contributed by atoms with van der Waals surface area (Å²) in [6, 6.07) is 11.8. The van der Waals surface area contributed by atoms with Crippen LogP contribution in [0.1, 0.15) is 24.2 Å². The van der Waals surface area contributed by atoms with E-state index in [1.54, 1.807) is 0 Å². The van der Waals surface area contributed by atoms with E-state index in [9.17, 15) is 4.79 Å². The molecule has 3 rings (SSSR count). The molecular formula is C19H24IN5O. The van der Waals surface area contributed by atoms with Crippen molar-refractivity contribution in [1.29, 1.82) is 0 Å². The maximum atomic E-state index is 12.7. The molecule has 0 saturated carbocycles.